The zero-order valence-electron chi connectivity index (χ0n) is 11.7. The van der Waals surface area contributed by atoms with Crippen LogP contribution >= 0.6 is 0 Å². The van der Waals surface area contributed by atoms with E-state index in [1.165, 1.54) is 7.11 Å². The molecule has 1 fully saturated rings. The number of methoxy groups -OCH3 is 1. The molecule has 0 atom stereocenters. The predicted molar refractivity (Wildman–Crippen MR) is 76.3 cm³/mol. The maximum absolute atomic E-state index is 12.2. The van der Waals surface area contributed by atoms with Crippen molar-refractivity contribution in [3.8, 4) is 0 Å². The second-order valence-corrected chi connectivity index (χ2v) is 4.85. The maximum atomic E-state index is 12.2. The first-order chi connectivity index (χ1) is 9.70. The van der Waals surface area contributed by atoms with Crippen molar-refractivity contribution in [2.45, 2.75) is 19.3 Å². The molecule has 1 aliphatic heterocycles. The van der Waals surface area contributed by atoms with Gasteiger partial charge in [-0.25, -0.2) is 4.79 Å². The summed E-state index contributed by atoms with van der Waals surface area (Å²) >= 11 is 0. The Labute approximate surface area is 119 Å². The smallest absolute Gasteiger partial charge is 0.335 e. The van der Waals surface area contributed by atoms with E-state index in [4.69, 9.17) is 4.74 Å². The minimum Gasteiger partial charge on any atom is -0.466 e. The number of ether oxygens (including phenoxy) is 1. The Morgan fingerprint density at radius 1 is 1.20 bits per heavy atom. The number of carbonyl (C=O) groups excluding carboxylic acids is 2. The highest BCUT2D eigenvalue weighted by molar-refractivity contribution is 6.03. The van der Waals surface area contributed by atoms with Crippen LogP contribution in [0.2, 0.25) is 0 Å². The fraction of sp³-hybridized carbons (Fsp3) is 0.375. The summed E-state index contributed by atoms with van der Waals surface area (Å²) < 4.78 is 4.77. The van der Waals surface area contributed by atoms with Crippen LogP contribution in [-0.4, -0.2) is 36.9 Å². The van der Waals surface area contributed by atoms with Crippen LogP contribution in [0.3, 0.4) is 0 Å². The second kappa shape index (κ2) is 6.89. The highest BCUT2D eigenvalue weighted by Crippen LogP contribution is 2.15. The number of carbonyl (C=O) groups is 2. The molecule has 0 spiro atoms. The number of likely N-dealkylation sites (tertiary alicyclic amines) is 1. The van der Waals surface area contributed by atoms with Crippen LogP contribution in [0.5, 0.6) is 0 Å². The molecule has 0 bridgehead atoms. The summed E-state index contributed by atoms with van der Waals surface area (Å²) in [7, 11) is 1.34. The summed E-state index contributed by atoms with van der Waals surface area (Å²) in [5.41, 5.74) is 1.03. The lowest BCUT2D eigenvalue weighted by atomic mass is 10.0. The first-order valence-corrected chi connectivity index (χ1v) is 6.82. The van der Waals surface area contributed by atoms with Gasteiger partial charge in [-0.1, -0.05) is 30.3 Å². The molecule has 1 aromatic rings. The average Bonchev–Trinajstić information content (AvgIpc) is 2.99. The average molecular weight is 273 g/mol. The van der Waals surface area contributed by atoms with Gasteiger partial charge in [-0.3, -0.25) is 4.79 Å². The van der Waals surface area contributed by atoms with Gasteiger partial charge in [0, 0.05) is 31.3 Å². The summed E-state index contributed by atoms with van der Waals surface area (Å²) in [5.74, 6) is -0.498. The second-order valence-electron chi connectivity index (χ2n) is 4.85. The van der Waals surface area contributed by atoms with E-state index in [0.29, 0.717) is 11.1 Å². The predicted octanol–water partition coefficient (Wildman–Crippen LogP) is 2.41. The molecule has 20 heavy (non-hydrogen) atoms. The van der Waals surface area contributed by atoms with Crippen LogP contribution in [0.1, 0.15) is 29.6 Å². The van der Waals surface area contributed by atoms with Gasteiger partial charge in [0.15, 0.2) is 5.78 Å². The summed E-state index contributed by atoms with van der Waals surface area (Å²) in [5, 5.41) is 0. The first kappa shape index (κ1) is 14.3. The molecule has 2 rings (SSSR count). The minimum atomic E-state index is -0.429. The van der Waals surface area contributed by atoms with Crippen molar-refractivity contribution in [2.24, 2.45) is 0 Å². The molecule has 1 saturated heterocycles. The normalized spacial score (nSPS) is 15.2. The van der Waals surface area contributed by atoms with Crippen molar-refractivity contribution in [3.63, 3.8) is 0 Å². The molecule has 0 unspecified atom stereocenters. The zero-order chi connectivity index (χ0) is 14.4. The third-order valence-corrected chi connectivity index (χ3v) is 3.37. The Morgan fingerprint density at radius 2 is 1.85 bits per heavy atom. The van der Waals surface area contributed by atoms with Gasteiger partial charge in [-0.05, 0) is 12.8 Å². The Balaban J connectivity index is 2.11. The van der Waals surface area contributed by atoms with Crippen LogP contribution in [0.15, 0.2) is 42.1 Å². The highest BCUT2D eigenvalue weighted by Gasteiger charge is 2.18. The molecule has 0 aromatic heterocycles. The quantitative estimate of drug-likeness (QED) is 0.469. The molecule has 0 radical (unpaired) electrons. The molecule has 4 nitrogen and oxygen atoms in total. The Hall–Kier alpha value is -2.10. The molecule has 1 heterocycles. The molecule has 0 saturated carbocycles. The standard InChI is InChI=1S/C16H19NO3/c1-20-16(19)14(12-17-9-5-6-10-17)11-15(18)13-7-3-2-4-8-13/h2-4,7-8,12H,5-6,9-11H2,1H3/b14-12+. The van der Waals surface area contributed by atoms with Gasteiger partial charge in [0.25, 0.3) is 0 Å². The Bertz CT molecular complexity index is 502. The van der Waals surface area contributed by atoms with Crippen molar-refractivity contribution in [3.05, 3.63) is 47.7 Å². The highest BCUT2D eigenvalue weighted by atomic mass is 16.5. The van der Waals surface area contributed by atoms with E-state index in [9.17, 15) is 9.59 Å². The summed E-state index contributed by atoms with van der Waals surface area (Å²) in [6, 6.07) is 9.00. The van der Waals surface area contributed by atoms with Gasteiger partial charge in [-0.2, -0.15) is 0 Å². The van der Waals surface area contributed by atoms with E-state index in [-0.39, 0.29) is 12.2 Å². The van der Waals surface area contributed by atoms with E-state index in [0.717, 1.165) is 25.9 Å². The number of hydrogen-bond acceptors (Lipinski definition) is 4. The van der Waals surface area contributed by atoms with Gasteiger partial charge in [-0.15, -0.1) is 0 Å². The fourth-order valence-electron chi connectivity index (χ4n) is 2.29. The summed E-state index contributed by atoms with van der Waals surface area (Å²) in [4.78, 5) is 26.1. The number of hydrogen-bond donors (Lipinski definition) is 0. The number of rotatable bonds is 5. The SMILES string of the molecule is COC(=O)/C(=C/N1CCCC1)CC(=O)c1ccccc1. The number of ketones is 1. The van der Waals surface area contributed by atoms with E-state index in [2.05, 4.69) is 4.90 Å². The van der Waals surface area contributed by atoms with E-state index in [1.54, 1.807) is 18.3 Å². The molecule has 0 N–H and O–H groups in total. The van der Waals surface area contributed by atoms with E-state index in [1.807, 2.05) is 18.2 Å². The largest absolute Gasteiger partial charge is 0.466 e. The van der Waals surface area contributed by atoms with Crippen LogP contribution in [0.25, 0.3) is 0 Å². The monoisotopic (exact) mass is 273 g/mol. The molecule has 0 aliphatic carbocycles. The number of benzene rings is 1. The lowest BCUT2D eigenvalue weighted by Crippen LogP contribution is -2.17. The molecule has 4 heteroatoms. The maximum Gasteiger partial charge on any atom is 0.335 e. The zero-order valence-corrected chi connectivity index (χ0v) is 11.7. The third-order valence-electron chi connectivity index (χ3n) is 3.37. The van der Waals surface area contributed by atoms with E-state index < -0.39 is 5.97 Å². The van der Waals surface area contributed by atoms with Crippen LogP contribution in [-0.2, 0) is 9.53 Å². The summed E-state index contributed by atoms with van der Waals surface area (Å²) in [6.07, 6.45) is 4.10. The lowest BCUT2D eigenvalue weighted by molar-refractivity contribution is -0.136. The fourth-order valence-corrected chi connectivity index (χ4v) is 2.29. The minimum absolute atomic E-state index is 0.0681. The number of Topliss-reactive ketones (excluding diaryl/α,β-unsaturated/α-hetero) is 1. The van der Waals surface area contributed by atoms with Crippen LogP contribution in [0, 0.1) is 0 Å². The van der Waals surface area contributed by atoms with Gasteiger partial charge >= 0.3 is 5.97 Å². The van der Waals surface area contributed by atoms with E-state index >= 15 is 0 Å². The first-order valence-electron chi connectivity index (χ1n) is 6.82. The third kappa shape index (κ3) is 3.70. The number of esters is 1. The Morgan fingerprint density at radius 3 is 2.45 bits per heavy atom. The molecular weight excluding hydrogens is 254 g/mol. The summed E-state index contributed by atoms with van der Waals surface area (Å²) in [6.45, 7) is 1.86. The van der Waals surface area contributed by atoms with Gasteiger partial charge in [0.1, 0.15) is 0 Å². The van der Waals surface area contributed by atoms with Gasteiger partial charge in [0.2, 0.25) is 0 Å². The lowest BCUT2D eigenvalue weighted by Gasteiger charge is -2.14. The number of nitrogens with zero attached hydrogens (tertiary/aromatic N) is 1. The Kier molecular flexibility index (Phi) is 4.93. The van der Waals surface area contributed by atoms with Crippen molar-refractivity contribution in [2.75, 3.05) is 20.2 Å². The molecular formula is C16H19NO3. The van der Waals surface area contributed by atoms with Crippen LogP contribution < -0.4 is 0 Å². The van der Waals surface area contributed by atoms with Gasteiger partial charge in [0.05, 0.1) is 12.7 Å². The van der Waals surface area contributed by atoms with Gasteiger partial charge < -0.3 is 9.64 Å². The molecule has 106 valence electrons. The molecule has 1 aliphatic rings. The van der Waals surface area contributed by atoms with Crippen molar-refractivity contribution in [1.29, 1.82) is 0 Å². The van der Waals surface area contributed by atoms with Crippen molar-refractivity contribution < 1.29 is 14.3 Å². The topological polar surface area (TPSA) is 46.6 Å². The molecule has 1 aromatic carbocycles. The molecule has 0 amide bonds. The van der Waals surface area contributed by atoms with Crippen molar-refractivity contribution in [1.82, 2.24) is 4.90 Å². The van der Waals surface area contributed by atoms with Crippen molar-refractivity contribution >= 4 is 11.8 Å². The van der Waals surface area contributed by atoms with Crippen LogP contribution in [0.4, 0.5) is 0 Å².